The second kappa shape index (κ2) is 11.0. The van der Waals surface area contributed by atoms with E-state index in [0.717, 1.165) is 5.56 Å². The number of carbonyl (C=O) groups is 2. The number of nitrogens with one attached hydrogen (secondary N) is 3. The van der Waals surface area contributed by atoms with Crippen molar-refractivity contribution >= 4 is 28.6 Å². The molecule has 1 saturated carbocycles. The van der Waals surface area contributed by atoms with E-state index < -0.39 is 24.2 Å². The largest absolute Gasteiger partial charge is 0.436 e. The van der Waals surface area contributed by atoms with Crippen LogP contribution in [0.2, 0.25) is 0 Å². The summed E-state index contributed by atoms with van der Waals surface area (Å²) in [5.41, 5.74) is 2.84. The number of amides is 2. The number of pyridine rings is 1. The molecule has 5 aromatic rings. The van der Waals surface area contributed by atoms with Crippen molar-refractivity contribution in [1.82, 2.24) is 40.8 Å². The summed E-state index contributed by atoms with van der Waals surface area (Å²) in [5.74, 6) is -4.62. The van der Waals surface area contributed by atoms with Gasteiger partial charge in [0.25, 0.3) is 11.8 Å². The van der Waals surface area contributed by atoms with Gasteiger partial charge in [0.05, 0.1) is 13.1 Å². The first-order chi connectivity index (χ1) is 20.3. The van der Waals surface area contributed by atoms with E-state index in [0.29, 0.717) is 41.3 Å². The van der Waals surface area contributed by atoms with Crippen molar-refractivity contribution in [3.63, 3.8) is 0 Å². The van der Waals surface area contributed by atoms with Crippen LogP contribution >= 0.6 is 0 Å². The van der Waals surface area contributed by atoms with Crippen molar-refractivity contribution in [1.29, 1.82) is 0 Å². The number of hydrogen-bond acceptors (Lipinski definition) is 9. The Labute approximate surface area is 237 Å². The number of tetrazole rings is 1. The van der Waals surface area contributed by atoms with Gasteiger partial charge in [-0.3, -0.25) is 14.6 Å². The molecular weight excluding hydrogens is 548 g/mol. The maximum Gasteiger partial charge on any atom is 0.269 e. The van der Waals surface area contributed by atoms with Crippen LogP contribution in [0.25, 0.3) is 22.6 Å². The number of hydrogen-bond donors (Lipinski definition) is 3. The third-order valence-corrected chi connectivity index (χ3v) is 6.71. The molecule has 42 heavy (non-hydrogen) atoms. The van der Waals surface area contributed by atoms with Gasteiger partial charge in [0.15, 0.2) is 11.4 Å². The maximum atomic E-state index is 13.2. The number of carbonyl (C=O) groups excluding carboxylic acids is 2. The van der Waals surface area contributed by atoms with E-state index in [-0.39, 0.29) is 23.5 Å². The number of rotatable bonds is 10. The lowest BCUT2D eigenvalue weighted by Crippen LogP contribution is -2.34. The standard InChI is InChI=1S/C28H25F2N9O3/c1-39-37-24(36-38-39)23(16-5-3-2-4-6-16)32-11-12-33-26(41)21-13-17(9-10-31-21)27-35-20-14-18(7-8-22(20)42-27)34-25(40)19-15-28(19,29)30/h2-10,13-14,19,23,32H,11-12,15H2,1H3,(H,33,41)(H,34,40)/t19-,23+/m1/s1. The molecule has 0 radical (unpaired) electrons. The second-order valence-corrected chi connectivity index (χ2v) is 9.83. The minimum Gasteiger partial charge on any atom is -0.436 e. The zero-order valence-electron chi connectivity index (χ0n) is 22.3. The number of benzene rings is 2. The fourth-order valence-corrected chi connectivity index (χ4v) is 4.44. The van der Waals surface area contributed by atoms with Gasteiger partial charge in [-0.15, -0.1) is 10.2 Å². The first-order valence-corrected chi connectivity index (χ1v) is 13.1. The van der Waals surface area contributed by atoms with Crippen molar-refractivity contribution in [2.45, 2.75) is 18.4 Å². The van der Waals surface area contributed by atoms with Crippen molar-refractivity contribution in [2.75, 3.05) is 18.4 Å². The minimum atomic E-state index is -2.95. The third-order valence-electron chi connectivity index (χ3n) is 6.71. The smallest absolute Gasteiger partial charge is 0.269 e. The van der Waals surface area contributed by atoms with Gasteiger partial charge in [-0.2, -0.15) is 4.80 Å². The van der Waals surface area contributed by atoms with Crippen LogP contribution in [0, 0.1) is 5.92 Å². The number of halogens is 2. The molecule has 0 unspecified atom stereocenters. The number of aromatic nitrogens is 6. The average molecular weight is 574 g/mol. The third kappa shape index (κ3) is 5.83. The molecule has 1 aliphatic rings. The molecule has 3 N–H and O–H groups in total. The summed E-state index contributed by atoms with van der Waals surface area (Å²) < 4.78 is 32.2. The SMILES string of the molecule is Cn1nnc([C@@H](NCCNC(=O)c2cc(-c3nc4cc(NC(=O)[C@H]5CC5(F)F)ccc4o3)ccn2)c2ccccc2)n1. The van der Waals surface area contributed by atoms with E-state index in [1.54, 1.807) is 37.4 Å². The van der Waals surface area contributed by atoms with Gasteiger partial charge in [0, 0.05) is 37.0 Å². The second-order valence-electron chi connectivity index (χ2n) is 9.83. The Hall–Kier alpha value is -5.11. The van der Waals surface area contributed by atoms with Crippen LogP contribution in [-0.4, -0.2) is 61.0 Å². The van der Waals surface area contributed by atoms with Gasteiger partial charge in [-0.05, 0) is 41.1 Å². The normalized spacial score (nSPS) is 16.2. The Morgan fingerprint density at radius 3 is 2.67 bits per heavy atom. The summed E-state index contributed by atoms with van der Waals surface area (Å²) in [4.78, 5) is 34.9. The monoisotopic (exact) mass is 573 g/mol. The fraction of sp³-hybridized carbons (Fsp3) is 0.250. The Bertz CT molecular complexity index is 1760. The zero-order valence-corrected chi connectivity index (χ0v) is 22.3. The van der Waals surface area contributed by atoms with Gasteiger partial charge in [0.2, 0.25) is 11.8 Å². The van der Waals surface area contributed by atoms with E-state index in [4.69, 9.17) is 4.42 Å². The highest BCUT2D eigenvalue weighted by molar-refractivity contribution is 5.97. The maximum absolute atomic E-state index is 13.2. The lowest BCUT2D eigenvalue weighted by atomic mass is 10.1. The van der Waals surface area contributed by atoms with Crippen LogP contribution in [0.3, 0.4) is 0 Å². The first kappa shape index (κ1) is 27.1. The number of aryl methyl sites for hydroxylation is 1. The molecule has 14 heteroatoms. The lowest BCUT2D eigenvalue weighted by Gasteiger charge is -2.16. The Balaban J connectivity index is 1.08. The molecule has 1 aliphatic carbocycles. The van der Waals surface area contributed by atoms with Crippen LogP contribution < -0.4 is 16.0 Å². The van der Waals surface area contributed by atoms with Gasteiger partial charge < -0.3 is 20.4 Å². The van der Waals surface area contributed by atoms with Crippen LogP contribution in [-0.2, 0) is 11.8 Å². The highest BCUT2D eigenvalue weighted by atomic mass is 19.3. The lowest BCUT2D eigenvalue weighted by molar-refractivity contribution is -0.119. The molecule has 3 aromatic heterocycles. The average Bonchev–Trinajstić information content (AvgIpc) is 3.28. The summed E-state index contributed by atoms with van der Waals surface area (Å²) in [6, 6.07) is 17.3. The Morgan fingerprint density at radius 2 is 1.93 bits per heavy atom. The molecule has 0 bridgehead atoms. The number of nitrogens with zero attached hydrogens (tertiary/aromatic N) is 6. The van der Waals surface area contributed by atoms with Crippen LogP contribution in [0.1, 0.15) is 34.3 Å². The molecule has 6 rings (SSSR count). The predicted molar refractivity (Wildman–Crippen MR) is 146 cm³/mol. The molecular formula is C28H25F2N9O3. The van der Waals surface area contributed by atoms with Crippen molar-refractivity contribution in [2.24, 2.45) is 13.0 Å². The summed E-state index contributed by atoms with van der Waals surface area (Å²) in [6.07, 6.45) is 1.03. The molecule has 2 atom stereocenters. The molecule has 3 heterocycles. The number of anilines is 1. The van der Waals surface area contributed by atoms with Gasteiger partial charge in [-0.25, -0.2) is 13.8 Å². The number of oxazole rings is 1. The minimum absolute atomic E-state index is 0.170. The molecule has 2 aromatic carbocycles. The highest BCUT2D eigenvalue weighted by Crippen LogP contribution is 2.49. The van der Waals surface area contributed by atoms with E-state index in [9.17, 15) is 18.4 Å². The summed E-state index contributed by atoms with van der Waals surface area (Å²) in [6.45, 7) is 0.726. The molecule has 0 spiro atoms. The van der Waals surface area contributed by atoms with E-state index in [1.807, 2.05) is 30.3 Å². The molecule has 0 saturated heterocycles. The van der Waals surface area contributed by atoms with Crippen molar-refractivity contribution < 1.29 is 22.8 Å². The van der Waals surface area contributed by atoms with E-state index in [2.05, 4.69) is 41.3 Å². The summed E-state index contributed by atoms with van der Waals surface area (Å²) in [7, 11) is 1.69. The van der Waals surface area contributed by atoms with E-state index >= 15 is 0 Å². The van der Waals surface area contributed by atoms with Crippen molar-refractivity contribution in [3.8, 4) is 11.5 Å². The Morgan fingerprint density at radius 1 is 1.12 bits per heavy atom. The quantitative estimate of drug-likeness (QED) is 0.214. The molecule has 12 nitrogen and oxygen atoms in total. The fourth-order valence-electron chi connectivity index (χ4n) is 4.44. The molecule has 2 amide bonds. The molecule has 1 fully saturated rings. The zero-order chi connectivity index (χ0) is 29.3. The first-order valence-electron chi connectivity index (χ1n) is 13.1. The summed E-state index contributed by atoms with van der Waals surface area (Å²) >= 11 is 0. The predicted octanol–water partition coefficient (Wildman–Crippen LogP) is 3.12. The van der Waals surface area contributed by atoms with Gasteiger partial charge >= 0.3 is 0 Å². The number of fused-ring (bicyclic) bond motifs is 1. The van der Waals surface area contributed by atoms with Crippen LogP contribution in [0.5, 0.6) is 0 Å². The molecule has 0 aliphatic heterocycles. The van der Waals surface area contributed by atoms with Gasteiger partial charge in [0.1, 0.15) is 17.1 Å². The Kier molecular flexibility index (Phi) is 7.12. The molecule has 214 valence electrons. The van der Waals surface area contributed by atoms with Gasteiger partial charge in [-0.1, -0.05) is 30.3 Å². The van der Waals surface area contributed by atoms with Crippen LogP contribution in [0.15, 0.2) is 71.3 Å². The highest BCUT2D eigenvalue weighted by Gasteiger charge is 2.61. The van der Waals surface area contributed by atoms with E-state index in [1.165, 1.54) is 11.0 Å². The number of alkyl halides is 2. The van der Waals surface area contributed by atoms with Crippen molar-refractivity contribution in [3.05, 3.63) is 83.9 Å². The topological polar surface area (TPSA) is 153 Å². The van der Waals surface area contributed by atoms with Crippen LogP contribution in [0.4, 0.5) is 14.5 Å². The summed E-state index contributed by atoms with van der Waals surface area (Å²) in [5, 5.41) is 21.0.